The van der Waals surface area contributed by atoms with Crippen LogP contribution in [0.3, 0.4) is 0 Å². The molecule has 3 rings (SSSR count). The topological polar surface area (TPSA) is 80.7 Å². The molecule has 0 radical (unpaired) electrons. The fraction of sp³-hybridized carbons (Fsp3) is 0.409. The lowest BCUT2D eigenvalue weighted by Gasteiger charge is -2.27. The molecule has 1 aromatic heterocycles. The molecule has 2 amide bonds. The van der Waals surface area contributed by atoms with Crippen molar-refractivity contribution in [2.45, 2.75) is 12.5 Å². The zero-order valence-corrected chi connectivity index (χ0v) is 18.8. The third-order valence-electron chi connectivity index (χ3n) is 4.98. The molecule has 0 saturated carbocycles. The van der Waals surface area contributed by atoms with Gasteiger partial charge in [0.2, 0.25) is 5.91 Å². The van der Waals surface area contributed by atoms with Crippen LogP contribution in [0.1, 0.15) is 22.9 Å². The van der Waals surface area contributed by atoms with E-state index in [1.54, 1.807) is 25.6 Å². The van der Waals surface area contributed by atoms with Crippen LogP contribution < -0.4 is 4.74 Å². The number of carbonyl (C=O) groups excluding carboxylic acids is 2. The summed E-state index contributed by atoms with van der Waals surface area (Å²) in [6.07, 6.45) is 0.566. The zero-order valence-electron chi connectivity index (χ0n) is 17.9. The summed E-state index contributed by atoms with van der Waals surface area (Å²) in [6.45, 7) is 0.399. The molecule has 0 unspecified atom stereocenters. The fourth-order valence-electron chi connectivity index (χ4n) is 3.46. The number of para-hydroxylation sites is 1. The van der Waals surface area contributed by atoms with Crippen molar-refractivity contribution >= 4 is 28.9 Å². The molecule has 0 aliphatic carbocycles. The Labute approximate surface area is 186 Å². The number of carbonyl (C=O) groups is 2. The second-order valence-electron chi connectivity index (χ2n) is 6.97. The SMILES string of the molecule is COCCN(CC(=O)N1N=C(c2cccs2)C[C@H]1c1ccccc1OC)C(=O)COC. The van der Waals surface area contributed by atoms with Gasteiger partial charge in [0.1, 0.15) is 18.9 Å². The maximum Gasteiger partial charge on any atom is 0.262 e. The van der Waals surface area contributed by atoms with Crippen molar-refractivity contribution in [1.29, 1.82) is 0 Å². The maximum atomic E-state index is 13.3. The summed E-state index contributed by atoms with van der Waals surface area (Å²) in [5.41, 5.74) is 1.71. The summed E-state index contributed by atoms with van der Waals surface area (Å²) >= 11 is 1.58. The van der Waals surface area contributed by atoms with Crippen LogP contribution in [0.5, 0.6) is 5.75 Å². The molecule has 0 saturated heterocycles. The Morgan fingerprint density at radius 3 is 2.65 bits per heavy atom. The van der Waals surface area contributed by atoms with Gasteiger partial charge in [0.05, 0.1) is 30.3 Å². The molecule has 1 aliphatic rings. The third-order valence-corrected chi connectivity index (χ3v) is 5.90. The largest absolute Gasteiger partial charge is 0.496 e. The van der Waals surface area contributed by atoms with Crippen molar-refractivity contribution in [3.8, 4) is 5.75 Å². The molecule has 1 atom stereocenters. The summed E-state index contributed by atoms with van der Waals surface area (Å²) in [5, 5.41) is 8.12. The smallest absolute Gasteiger partial charge is 0.262 e. The second-order valence-corrected chi connectivity index (χ2v) is 7.91. The number of nitrogens with zero attached hydrogens (tertiary/aromatic N) is 3. The van der Waals surface area contributed by atoms with Crippen molar-refractivity contribution in [1.82, 2.24) is 9.91 Å². The summed E-state index contributed by atoms with van der Waals surface area (Å²) in [6, 6.07) is 11.2. The van der Waals surface area contributed by atoms with Crippen molar-refractivity contribution in [3.05, 3.63) is 52.2 Å². The Kier molecular flexibility index (Phi) is 8.16. The standard InChI is InChI=1S/C22H27N3O5S/c1-28-11-10-24(22(27)15-29-2)14-21(26)25-18(16-7-4-5-8-19(16)30-3)13-17(23-25)20-9-6-12-31-20/h4-9,12,18H,10-11,13-15H2,1-3H3/t18-/m0/s1. The van der Waals surface area contributed by atoms with Crippen LogP contribution in [0, 0.1) is 0 Å². The van der Waals surface area contributed by atoms with Crippen LogP contribution in [0.4, 0.5) is 0 Å². The van der Waals surface area contributed by atoms with Crippen molar-refractivity contribution in [2.24, 2.45) is 5.10 Å². The van der Waals surface area contributed by atoms with E-state index >= 15 is 0 Å². The van der Waals surface area contributed by atoms with E-state index in [1.165, 1.54) is 17.0 Å². The number of hydrogen-bond acceptors (Lipinski definition) is 7. The number of amides is 2. The van der Waals surface area contributed by atoms with Crippen LogP contribution in [0.25, 0.3) is 0 Å². The quantitative estimate of drug-likeness (QED) is 0.562. The van der Waals surface area contributed by atoms with E-state index < -0.39 is 0 Å². The monoisotopic (exact) mass is 445 g/mol. The predicted octanol–water partition coefficient (Wildman–Crippen LogP) is 2.56. The van der Waals surface area contributed by atoms with Crippen molar-refractivity contribution in [2.75, 3.05) is 47.6 Å². The number of rotatable bonds is 10. The first-order valence-electron chi connectivity index (χ1n) is 9.91. The molecule has 31 heavy (non-hydrogen) atoms. The van der Waals surface area contributed by atoms with Crippen LogP contribution in [0.2, 0.25) is 0 Å². The lowest BCUT2D eigenvalue weighted by molar-refractivity contribution is -0.144. The van der Waals surface area contributed by atoms with Gasteiger partial charge in [0.15, 0.2) is 0 Å². The first-order valence-corrected chi connectivity index (χ1v) is 10.8. The van der Waals surface area contributed by atoms with Crippen molar-refractivity contribution < 1.29 is 23.8 Å². The van der Waals surface area contributed by atoms with E-state index in [-0.39, 0.29) is 31.0 Å². The van der Waals surface area contributed by atoms with Crippen LogP contribution >= 0.6 is 11.3 Å². The number of hydrazone groups is 1. The Bertz CT molecular complexity index is 916. The molecule has 9 heteroatoms. The highest BCUT2D eigenvalue weighted by atomic mass is 32.1. The van der Waals surface area contributed by atoms with Gasteiger partial charge in [0.25, 0.3) is 5.91 Å². The minimum Gasteiger partial charge on any atom is -0.496 e. The Morgan fingerprint density at radius 1 is 1.16 bits per heavy atom. The summed E-state index contributed by atoms with van der Waals surface area (Å²) < 4.78 is 15.6. The van der Waals surface area contributed by atoms with E-state index in [0.717, 1.165) is 16.2 Å². The number of thiophene rings is 1. The summed E-state index contributed by atoms with van der Waals surface area (Å²) in [5.74, 6) is 0.144. The lowest BCUT2D eigenvalue weighted by Crippen LogP contribution is -2.44. The average molecular weight is 446 g/mol. The van der Waals surface area contributed by atoms with Crippen LogP contribution in [0.15, 0.2) is 46.9 Å². The number of benzene rings is 1. The molecule has 8 nitrogen and oxygen atoms in total. The normalized spacial score (nSPS) is 15.6. The van der Waals surface area contributed by atoms with E-state index in [9.17, 15) is 9.59 Å². The molecule has 1 aromatic carbocycles. The molecular formula is C22H27N3O5S. The molecule has 1 aliphatic heterocycles. The second kappa shape index (κ2) is 11.0. The Balaban J connectivity index is 1.88. The summed E-state index contributed by atoms with van der Waals surface area (Å²) in [4.78, 5) is 28.2. The fourth-order valence-corrected chi connectivity index (χ4v) is 4.18. The van der Waals surface area contributed by atoms with E-state index in [2.05, 4.69) is 5.10 Å². The van der Waals surface area contributed by atoms with Gasteiger partial charge < -0.3 is 19.1 Å². The number of hydrogen-bond donors (Lipinski definition) is 0. The zero-order chi connectivity index (χ0) is 22.2. The minimum absolute atomic E-state index is 0.101. The van der Waals surface area contributed by atoms with Gasteiger partial charge in [-0.3, -0.25) is 9.59 Å². The first kappa shape index (κ1) is 22.9. The van der Waals surface area contributed by atoms with Gasteiger partial charge in [-0.25, -0.2) is 5.01 Å². The molecule has 2 aromatic rings. The average Bonchev–Trinajstić information content (AvgIpc) is 3.46. The van der Waals surface area contributed by atoms with E-state index in [1.807, 2.05) is 41.8 Å². The Morgan fingerprint density at radius 2 is 1.97 bits per heavy atom. The molecule has 166 valence electrons. The first-order chi connectivity index (χ1) is 15.1. The third kappa shape index (κ3) is 5.49. The maximum absolute atomic E-state index is 13.3. The Hall–Kier alpha value is -2.75. The van der Waals surface area contributed by atoms with E-state index in [4.69, 9.17) is 14.2 Å². The highest BCUT2D eigenvalue weighted by Crippen LogP contribution is 2.38. The molecule has 0 fully saturated rings. The predicted molar refractivity (Wildman–Crippen MR) is 118 cm³/mol. The van der Waals surface area contributed by atoms with Gasteiger partial charge in [-0.05, 0) is 17.5 Å². The van der Waals surface area contributed by atoms with Gasteiger partial charge in [-0.2, -0.15) is 5.10 Å². The van der Waals surface area contributed by atoms with Crippen molar-refractivity contribution in [3.63, 3.8) is 0 Å². The van der Waals surface area contributed by atoms with Gasteiger partial charge in [0, 0.05) is 32.7 Å². The van der Waals surface area contributed by atoms with Gasteiger partial charge in [-0.15, -0.1) is 11.3 Å². The molecule has 2 heterocycles. The molecular weight excluding hydrogens is 418 g/mol. The highest BCUT2D eigenvalue weighted by Gasteiger charge is 2.36. The molecule has 0 N–H and O–H groups in total. The number of ether oxygens (including phenoxy) is 3. The molecule has 0 spiro atoms. The lowest BCUT2D eigenvalue weighted by atomic mass is 10.00. The van der Waals surface area contributed by atoms with E-state index in [0.29, 0.717) is 25.3 Å². The van der Waals surface area contributed by atoms with Gasteiger partial charge >= 0.3 is 0 Å². The highest BCUT2D eigenvalue weighted by molar-refractivity contribution is 7.12. The summed E-state index contributed by atoms with van der Waals surface area (Å²) in [7, 11) is 4.61. The van der Waals surface area contributed by atoms with Gasteiger partial charge in [-0.1, -0.05) is 24.3 Å². The van der Waals surface area contributed by atoms with Crippen LogP contribution in [-0.2, 0) is 19.1 Å². The molecule has 0 bridgehead atoms. The van der Waals surface area contributed by atoms with Crippen LogP contribution in [-0.4, -0.2) is 75.1 Å². The number of methoxy groups -OCH3 is 3. The minimum atomic E-state index is -0.317.